The van der Waals surface area contributed by atoms with Crippen molar-refractivity contribution in [3.63, 3.8) is 0 Å². The molecule has 6 nitrogen and oxygen atoms in total. The first-order chi connectivity index (χ1) is 13.5. The zero-order valence-electron chi connectivity index (χ0n) is 15.5. The lowest BCUT2D eigenvalue weighted by Crippen LogP contribution is -2.28. The highest BCUT2D eigenvalue weighted by atomic mass is 79.9. The second-order valence-electron chi connectivity index (χ2n) is 6.59. The van der Waals surface area contributed by atoms with Gasteiger partial charge in [-0.15, -0.1) is 0 Å². The maximum absolute atomic E-state index is 12.3. The number of ether oxygens (including phenoxy) is 1. The number of esters is 1. The van der Waals surface area contributed by atoms with E-state index >= 15 is 0 Å². The van der Waals surface area contributed by atoms with Crippen molar-refractivity contribution < 1.29 is 19.1 Å². The summed E-state index contributed by atoms with van der Waals surface area (Å²) < 4.78 is 6.01. The SMILES string of the molecule is CCc1ccc(N2C[C@H](C(=O)OCC(=O)Nc3ccc(Br)cc3)CC2=O)cc1. The predicted molar refractivity (Wildman–Crippen MR) is 110 cm³/mol. The van der Waals surface area contributed by atoms with Crippen LogP contribution in [0.1, 0.15) is 18.9 Å². The number of hydrogen-bond acceptors (Lipinski definition) is 4. The molecule has 1 aliphatic rings. The summed E-state index contributed by atoms with van der Waals surface area (Å²) in [6.45, 7) is 1.94. The zero-order valence-corrected chi connectivity index (χ0v) is 17.1. The van der Waals surface area contributed by atoms with Crippen LogP contribution in [0, 0.1) is 5.92 Å². The van der Waals surface area contributed by atoms with Crippen molar-refractivity contribution >= 4 is 45.1 Å². The Labute approximate surface area is 172 Å². The summed E-state index contributed by atoms with van der Waals surface area (Å²) in [5, 5.41) is 2.65. The lowest BCUT2D eigenvalue weighted by Gasteiger charge is -2.17. The molecule has 0 saturated carbocycles. The fraction of sp³-hybridized carbons (Fsp3) is 0.286. The Bertz CT molecular complexity index is 865. The molecule has 0 aromatic heterocycles. The monoisotopic (exact) mass is 444 g/mol. The van der Waals surface area contributed by atoms with Gasteiger partial charge in [-0.25, -0.2) is 0 Å². The molecule has 0 bridgehead atoms. The van der Waals surface area contributed by atoms with E-state index in [1.54, 1.807) is 29.2 Å². The molecule has 146 valence electrons. The number of nitrogens with zero attached hydrogens (tertiary/aromatic N) is 1. The second kappa shape index (κ2) is 9.01. The molecule has 7 heteroatoms. The van der Waals surface area contributed by atoms with Crippen molar-refractivity contribution in [3.05, 3.63) is 58.6 Å². The minimum atomic E-state index is -0.571. The zero-order chi connectivity index (χ0) is 20.1. The van der Waals surface area contributed by atoms with Gasteiger partial charge in [0.1, 0.15) is 0 Å². The van der Waals surface area contributed by atoms with E-state index in [9.17, 15) is 14.4 Å². The predicted octanol–water partition coefficient (Wildman–Crippen LogP) is 3.55. The van der Waals surface area contributed by atoms with Crippen LogP contribution in [0.5, 0.6) is 0 Å². The molecular weight excluding hydrogens is 424 g/mol. The Morgan fingerprint density at radius 2 is 1.82 bits per heavy atom. The fourth-order valence-electron chi connectivity index (χ4n) is 3.01. The first kappa shape index (κ1) is 20.1. The van der Waals surface area contributed by atoms with E-state index in [-0.39, 0.29) is 25.5 Å². The van der Waals surface area contributed by atoms with Crippen LogP contribution in [-0.4, -0.2) is 30.9 Å². The number of aryl methyl sites for hydroxylation is 1. The van der Waals surface area contributed by atoms with Crippen molar-refractivity contribution in [2.24, 2.45) is 5.92 Å². The molecule has 1 fully saturated rings. The highest BCUT2D eigenvalue weighted by Crippen LogP contribution is 2.26. The van der Waals surface area contributed by atoms with Crippen LogP contribution in [0.15, 0.2) is 53.0 Å². The lowest BCUT2D eigenvalue weighted by atomic mass is 10.1. The van der Waals surface area contributed by atoms with Gasteiger partial charge in [-0.3, -0.25) is 14.4 Å². The van der Waals surface area contributed by atoms with Gasteiger partial charge in [-0.1, -0.05) is 35.0 Å². The van der Waals surface area contributed by atoms with Gasteiger partial charge in [-0.2, -0.15) is 0 Å². The quantitative estimate of drug-likeness (QED) is 0.691. The van der Waals surface area contributed by atoms with Gasteiger partial charge in [0.25, 0.3) is 5.91 Å². The Morgan fingerprint density at radius 3 is 2.46 bits per heavy atom. The van der Waals surface area contributed by atoms with E-state index in [4.69, 9.17) is 4.74 Å². The van der Waals surface area contributed by atoms with Crippen molar-refractivity contribution in [2.75, 3.05) is 23.4 Å². The molecule has 1 N–H and O–H groups in total. The number of halogens is 1. The topological polar surface area (TPSA) is 75.7 Å². The van der Waals surface area contributed by atoms with Gasteiger partial charge >= 0.3 is 5.97 Å². The minimum Gasteiger partial charge on any atom is -0.455 e. The summed E-state index contributed by atoms with van der Waals surface area (Å²) in [4.78, 5) is 38.1. The highest BCUT2D eigenvalue weighted by molar-refractivity contribution is 9.10. The first-order valence-corrected chi connectivity index (χ1v) is 9.87. The number of amides is 2. The van der Waals surface area contributed by atoms with Crippen molar-refractivity contribution in [1.29, 1.82) is 0 Å². The van der Waals surface area contributed by atoms with Crippen molar-refractivity contribution in [3.8, 4) is 0 Å². The Kier molecular flexibility index (Phi) is 6.46. The van der Waals surface area contributed by atoms with Gasteiger partial charge in [0.2, 0.25) is 5.91 Å². The van der Waals surface area contributed by atoms with Crippen LogP contribution in [0.2, 0.25) is 0 Å². The highest BCUT2D eigenvalue weighted by Gasteiger charge is 2.36. The molecule has 2 aromatic carbocycles. The Morgan fingerprint density at radius 1 is 1.14 bits per heavy atom. The molecule has 1 atom stereocenters. The number of hydrogen-bond donors (Lipinski definition) is 1. The molecule has 2 amide bonds. The first-order valence-electron chi connectivity index (χ1n) is 9.07. The van der Waals surface area contributed by atoms with Crippen LogP contribution in [0.3, 0.4) is 0 Å². The standard InChI is InChI=1S/C21H21BrN2O4/c1-2-14-3-9-18(10-4-14)24-12-15(11-20(24)26)21(27)28-13-19(25)23-17-7-5-16(22)6-8-17/h3-10,15H,2,11-13H2,1H3,(H,23,25)/t15-/m1/s1. The number of carbonyl (C=O) groups excluding carboxylic acids is 3. The molecule has 0 unspecified atom stereocenters. The second-order valence-corrected chi connectivity index (χ2v) is 7.50. The molecule has 0 spiro atoms. The van der Waals surface area contributed by atoms with Crippen LogP contribution in [-0.2, 0) is 25.5 Å². The number of carbonyl (C=O) groups is 3. The Hall–Kier alpha value is -2.67. The Balaban J connectivity index is 1.51. The van der Waals surface area contributed by atoms with E-state index in [0.717, 1.165) is 16.6 Å². The van der Waals surface area contributed by atoms with Crippen LogP contribution < -0.4 is 10.2 Å². The summed E-state index contributed by atoms with van der Waals surface area (Å²) in [6.07, 6.45) is 1.01. The van der Waals surface area contributed by atoms with Gasteiger partial charge in [0.15, 0.2) is 6.61 Å². The molecule has 1 heterocycles. The average molecular weight is 445 g/mol. The van der Waals surface area contributed by atoms with Crippen LogP contribution >= 0.6 is 15.9 Å². The van der Waals surface area contributed by atoms with Crippen LogP contribution in [0.25, 0.3) is 0 Å². The molecule has 0 radical (unpaired) electrons. The number of nitrogens with one attached hydrogen (secondary N) is 1. The normalized spacial score (nSPS) is 16.1. The lowest BCUT2D eigenvalue weighted by molar-refractivity contribution is -0.151. The maximum atomic E-state index is 12.3. The van der Waals surface area contributed by atoms with E-state index < -0.39 is 17.8 Å². The van der Waals surface area contributed by atoms with Crippen LogP contribution in [0.4, 0.5) is 11.4 Å². The largest absolute Gasteiger partial charge is 0.455 e. The molecule has 2 aromatic rings. The van der Waals surface area contributed by atoms with Gasteiger partial charge in [0, 0.05) is 28.8 Å². The third-order valence-corrected chi connectivity index (χ3v) is 5.12. The van der Waals surface area contributed by atoms with Gasteiger partial charge in [-0.05, 0) is 48.4 Å². The molecule has 1 aliphatic heterocycles. The van der Waals surface area contributed by atoms with E-state index in [1.807, 2.05) is 24.3 Å². The van der Waals surface area contributed by atoms with E-state index in [0.29, 0.717) is 5.69 Å². The summed E-state index contributed by atoms with van der Waals surface area (Å²) >= 11 is 3.32. The summed E-state index contributed by atoms with van der Waals surface area (Å²) in [5.41, 5.74) is 2.57. The third-order valence-electron chi connectivity index (χ3n) is 4.59. The summed E-state index contributed by atoms with van der Waals surface area (Å²) in [7, 11) is 0. The minimum absolute atomic E-state index is 0.0860. The molecule has 3 rings (SSSR count). The van der Waals surface area contributed by atoms with Crippen molar-refractivity contribution in [1.82, 2.24) is 0 Å². The summed E-state index contributed by atoms with van der Waals surface area (Å²) in [6, 6.07) is 14.8. The van der Waals surface area contributed by atoms with E-state index in [1.165, 1.54) is 5.56 Å². The molecule has 0 aliphatic carbocycles. The number of rotatable bonds is 6. The number of anilines is 2. The average Bonchev–Trinajstić information content (AvgIpc) is 3.10. The fourth-order valence-corrected chi connectivity index (χ4v) is 3.28. The van der Waals surface area contributed by atoms with Gasteiger partial charge < -0.3 is 15.0 Å². The maximum Gasteiger partial charge on any atom is 0.311 e. The summed E-state index contributed by atoms with van der Waals surface area (Å²) in [5.74, 6) is -1.65. The van der Waals surface area contributed by atoms with Crippen molar-refractivity contribution in [2.45, 2.75) is 19.8 Å². The van der Waals surface area contributed by atoms with Gasteiger partial charge in [0.05, 0.1) is 5.92 Å². The number of benzene rings is 2. The molecule has 1 saturated heterocycles. The third kappa shape index (κ3) is 4.98. The van der Waals surface area contributed by atoms with E-state index in [2.05, 4.69) is 28.2 Å². The molecule has 28 heavy (non-hydrogen) atoms. The molecular formula is C21H21BrN2O4. The smallest absolute Gasteiger partial charge is 0.311 e.